The molecule has 0 saturated heterocycles. The average molecular weight is 778 g/mol. The minimum absolute atomic E-state index is 0.536. The van der Waals surface area contributed by atoms with Crippen LogP contribution in [-0.2, 0) is 5.41 Å². The smallest absolute Gasteiger partial charge is 0.143 e. The first-order valence-corrected chi connectivity index (χ1v) is 21.0. The fraction of sp³-hybridized carbons (Fsp3) is 0.0169. The van der Waals surface area contributed by atoms with E-state index in [1.807, 2.05) is 0 Å². The van der Waals surface area contributed by atoms with Crippen molar-refractivity contribution in [3.8, 4) is 33.4 Å². The lowest BCUT2D eigenvalue weighted by Crippen LogP contribution is -2.28. The van der Waals surface area contributed by atoms with Crippen molar-refractivity contribution < 1.29 is 4.42 Å². The summed E-state index contributed by atoms with van der Waals surface area (Å²) in [6.07, 6.45) is 0. The molecule has 0 radical (unpaired) electrons. The van der Waals surface area contributed by atoms with Gasteiger partial charge in [-0.15, -0.1) is 0 Å². The Bertz CT molecular complexity index is 3350. The minimum atomic E-state index is -0.536. The van der Waals surface area contributed by atoms with Crippen LogP contribution >= 0.6 is 0 Å². The van der Waals surface area contributed by atoms with Gasteiger partial charge in [0.25, 0.3) is 0 Å². The lowest BCUT2D eigenvalue weighted by Gasteiger charge is -2.35. The topological polar surface area (TPSA) is 16.4 Å². The molecule has 11 aromatic rings. The molecule has 1 aliphatic rings. The molecule has 1 heterocycles. The van der Waals surface area contributed by atoms with E-state index in [0.29, 0.717) is 0 Å². The molecule has 1 aromatic heterocycles. The lowest BCUT2D eigenvalue weighted by molar-refractivity contribution is 0.670. The number of benzene rings is 10. The van der Waals surface area contributed by atoms with Crippen molar-refractivity contribution in [3.63, 3.8) is 0 Å². The Kier molecular flexibility index (Phi) is 8.11. The maximum Gasteiger partial charge on any atom is 0.143 e. The van der Waals surface area contributed by atoms with E-state index in [-0.39, 0.29) is 0 Å². The summed E-state index contributed by atoms with van der Waals surface area (Å²) < 4.78 is 6.86. The third-order valence-electron chi connectivity index (χ3n) is 12.7. The highest BCUT2D eigenvalue weighted by atomic mass is 16.3. The molecule has 1 aliphatic carbocycles. The van der Waals surface area contributed by atoms with Gasteiger partial charge in [0.1, 0.15) is 11.2 Å². The molecular formula is C59H39NO. The van der Waals surface area contributed by atoms with Crippen molar-refractivity contribution in [1.29, 1.82) is 0 Å². The first-order chi connectivity index (χ1) is 30.3. The largest absolute Gasteiger partial charge is 0.455 e. The Morgan fingerprint density at radius 1 is 0.344 bits per heavy atom. The Hall–Kier alpha value is -7.94. The predicted molar refractivity (Wildman–Crippen MR) is 254 cm³/mol. The molecule has 61 heavy (non-hydrogen) atoms. The highest BCUT2D eigenvalue weighted by Crippen LogP contribution is 2.57. The molecule has 286 valence electrons. The van der Waals surface area contributed by atoms with Crippen molar-refractivity contribution in [1.82, 2.24) is 0 Å². The van der Waals surface area contributed by atoms with Crippen molar-refractivity contribution >= 4 is 49.8 Å². The summed E-state index contributed by atoms with van der Waals surface area (Å²) in [4.78, 5) is 2.44. The Labute approximate surface area is 355 Å². The number of furan rings is 1. The van der Waals surface area contributed by atoms with Gasteiger partial charge < -0.3 is 9.32 Å². The third-order valence-corrected chi connectivity index (χ3v) is 12.7. The molecule has 0 bridgehead atoms. The number of hydrogen-bond donors (Lipinski definition) is 0. The molecule has 0 fully saturated rings. The molecule has 0 amide bonds. The molecule has 0 saturated carbocycles. The van der Waals surface area contributed by atoms with Gasteiger partial charge in [-0.25, -0.2) is 0 Å². The number of nitrogens with zero attached hydrogens (tertiary/aromatic N) is 1. The van der Waals surface area contributed by atoms with Crippen molar-refractivity contribution in [2.45, 2.75) is 5.41 Å². The summed E-state index contributed by atoms with van der Waals surface area (Å²) in [6, 6.07) is 86.0. The molecule has 2 heteroatoms. The summed E-state index contributed by atoms with van der Waals surface area (Å²) in [7, 11) is 0. The highest BCUT2D eigenvalue weighted by Gasteiger charge is 2.46. The van der Waals surface area contributed by atoms with Gasteiger partial charge in [0.05, 0.1) is 5.41 Å². The number of hydrogen-bond acceptors (Lipinski definition) is 2. The third kappa shape index (κ3) is 5.50. The maximum absolute atomic E-state index is 6.86. The first-order valence-electron chi connectivity index (χ1n) is 21.0. The molecule has 10 aromatic carbocycles. The Morgan fingerprint density at radius 2 is 0.918 bits per heavy atom. The van der Waals surface area contributed by atoms with E-state index in [0.717, 1.165) is 50.1 Å². The highest BCUT2D eigenvalue weighted by molar-refractivity contribution is 6.21. The van der Waals surface area contributed by atoms with E-state index < -0.39 is 5.41 Å². The SMILES string of the molecule is c1ccc(-c2ccc(N(c3ccc4c(c3)C(c3ccccc3)(c3ccccc3)c3ccccc3-4)c3cc(-c4ccccc4)c4oc5ccc6ccccc6c5c4c3)cc2)cc1. The zero-order valence-electron chi connectivity index (χ0n) is 33.4. The average Bonchev–Trinajstić information content (AvgIpc) is 3.87. The van der Waals surface area contributed by atoms with Gasteiger partial charge in [-0.1, -0.05) is 194 Å². The van der Waals surface area contributed by atoms with E-state index in [9.17, 15) is 0 Å². The van der Waals surface area contributed by atoms with Crippen molar-refractivity contribution in [2.75, 3.05) is 4.90 Å². The van der Waals surface area contributed by atoms with E-state index >= 15 is 0 Å². The predicted octanol–water partition coefficient (Wildman–Crippen LogP) is 15.9. The van der Waals surface area contributed by atoms with E-state index in [4.69, 9.17) is 4.42 Å². The number of fused-ring (bicyclic) bond motifs is 8. The second-order valence-electron chi connectivity index (χ2n) is 16.0. The zero-order valence-corrected chi connectivity index (χ0v) is 33.4. The van der Waals surface area contributed by atoms with Gasteiger partial charge in [-0.05, 0) is 103 Å². The molecule has 0 N–H and O–H groups in total. The molecule has 0 spiro atoms. The lowest BCUT2D eigenvalue weighted by atomic mass is 9.67. The van der Waals surface area contributed by atoms with Crippen LogP contribution in [0.5, 0.6) is 0 Å². The summed E-state index contributed by atoms with van der Waals surface area (Å²) in [5, 5.41) is 4.59. The minimum Gasteiger partial charge on any atom is -0.455 e. The van der Waals surface area contributed by atoms with Crippen molar-refractivity contribution in [3.05, 3.63) is 259 Å². The summed E-state index contributed by atoms with van der Waals surface area (Å²) in [5.74, 6) is 0. The van der Waals surface area contributed by atoms with E-state index in [1.165, 1.54) is 55.3 Å². The molecule has 2 nitrogen and oxygen atoms in total. The van der Waals surface area contributed by atoms with Crippen LogP contribution in [0.1, 0.15) is 22.3 Å². The normalized spacial score (nSPS) is 12.7. The van der Waals surface area contributed by atoms with Crippen LogP contribution in [0.15, 0.2) is 241 Å². The van der Waals surface area contributed by atoms with Crippen LogP contribution in [-0.4, -0.2) is 0 Å². The monoisotopic (exact) mass is 777 g/mol. The van der Waals surface area contributed by atoms with Crippen LogP contribution in [0.25, 0.3) is 66.1 Å². The van der Waals surface area contributed by atoms with Gasteiger partial charge in [0.2, 0.25) is 0 Å². The quantitative estimate of drug-likeness (QED) is 0.160. The molecular weight excluding hydrogens is 739 g/mol. The van der Waals surface area contributed by atoms with Crippen LogP contribution in [0.3, 0.4) is 0 Å². The fourth-order valence-corrected chi connectivity index (χ4v) is 10.0. The first kappa shape index (κ1) is 35.0. The second kappa shape index (κ2) is 14.1. The summed E-state index contributed by atoms with van der Waals surface area (Å²) in [5.41, 5.74) is 16.5. The fourth-order valence-electron chi connectivity index (χ4n) is 10.0. The summed E-state index contributed by atoms with van der Waals surface area (Å²) in [6.45, 7) is 0. The second-order valence-corrected chi connectivity index (χ2v) is 16.0. The summed E-state index contributed by atoms with van der Waals surface area (Å²) >= 11 is 0. The molecule has 12 rings (SSSR count). The number of rotatable bonds is 7. The van der Waals surface area contributed by atoms with Crippen LogP contribution in [0.2, 0.25) is 0 Å². The molecule has 0 aliphatic heterocycles. The van der Waals surface area contributed by atoms with Gasteiger partial charge in [-0.3, -0.25) is 0 Å². The van der Waals surface area contributed by atoms with Gasteiger partial charge in [-0.2, -0.15) is 0 Å². The molecule has 0 unspecified atom stereocenters. The van der Waals surface area contributed by atoms with Crippen LogP contribution in [0, 0.1) is 0 Å². The Balaban J connectivity index is 1.16. The van der Waals surface area contributed by atoms with Crippen LogP contribution < -0.4 is 4.90 Å². The standard InChI is InChI=1S/C59H39NO/c1-5-17-40(18-6-1)41-29-32-46(33-30-41)60(48-37-52(42-19-7-2-8-20-42)58-53(38-48)57-49-26-14-13-21-43(49)31-36-56(57)61-58)47-34-35-51-50-27-15-16-28-54(50)59(55(51)39-47,44-22-9-3-10-23-44)45-24-11-4-12-25-45/h1-39H. The van der Waals surface area contributed by atoms with Crippen LogP contribution in [0.4, 0.5) is 17.1 Å². The van der Waals surface area contributed by atoms with Gasteiger partial charge in [0, 0.05) is 33.4 Å². The molecule has 0 atom stereocenters. The van der Waals surface area contributed by atoms with E-state index in [2.05, 4.69) is 241 Å². The number of anilines is 3. The van der Waals surface area contributed by atoms with Gasteiger partial charge >= 0.3 is 0 Å². The Morgan fingerprint density at radius 3 is 1.64 bits per heavy atom. The van der Waals surface area contributed by atoms with Crippen molar-refractivity contribution in [2.24, 2.45) is 0 Å². The zero-order chi connectivity index (χ0) is 40.3. The van der Waals surface area contributed by atoms with E-state index in [1.54, 1.807) is 0 Å². The maximum atomic E-state index is 6.86. The van der Waals surface area contributed by atoms with Gasteiger partial charge in [0.15, 0.2) is 0 Å².